The van der Waals surface area contributed by atoms with Crippen LogP contribution in [0.5, 0.6) is 0 Å². The Morgan fingerprint density at radius 2 is 1.45 bits per heavy atom. The number of hydrogen-bond acceptors (Lipinski definition) is 7. The Kier molecular flexibility index (Phi) is 13.4. The molecule has 0 bridgehead atoms. The normalized spacial score (nSPS) is 20.3. The average Bonchev–Trinajstić information content (AvgIpc) is 3.41. The van der Waals surface area contributed by atoms with Gasteiger partial charge in [0.1, 0.15) is 23.7 Å². The number of alkyl carbamates (subject to hydrolysis) is 1. The Hall–Kier alpha value is -5.00. The van der Waals surface area contributed by atoms with Gasteiger partial charge < -0.3 is 30.9 Å². The first-order valence-electron chi connectivity index (χ1n) is 19.2. The van der Waals surface area contributed by atoms with Crippen molar-refractivity contribution in [3.63, 3.8) is 0 Å². The van der Waals surface area contributed by atoms with E-state index in [1.165, 1.54) is 11.0 Å². The van der Waals surface area contributed by atoms with Gasteiger partial charge in [0.05, 0.1) is 6.04 Å². The Balaban J connectivity index is 1.69. The monoisotopic (exact) mass is 757 g/mol. The van der Waals surface area contributed by atoms with Crippen LogP contribution in [0.15, 0.2) is 73.3 Å². The molecule has 4 rings (SSSR count). The number of ether oxygens (including phenoxy) is 1. The fourth-order valence-corrected chi connectivity index (χ4v) is 7.72. The van der Waals surface area contributed by atoms with Crippen molar-refractivity contribution >= 4 is 35.5 Å². The van der Waals surface area contributed by atoms with Gasteiger partial charge in [-0.3, -0.25) is 24.0 Å². The Labute approximate surface area is 325 Å². The second kappa shape index (κ2) is 17.2. The average molecular weight is 758 g/mol. The summed E-state index contributed by atoms with van der Waals surface area (Å²) in [4.78, 5) is 84.3. The van der Waals surface area contributed by atoms with Gasteiger partial charge in [0.25, 0.3) is 5.91 Å². The Morgan fingerprint density at radius 1 is 0.891 bits per heavy atom. The van der Waals surface area contributed by atoms with Crippen LogP contribution in [0, 0.1) is 22.7 Å². The van der Waals surface area contributed by atoms with Crippen LogP contribution in [0.1, 0.15) is 92.2 Å². The summed E-state index contributed by atoms with van der Waals surface area (Å²) in [5.41, 5.74) is -0.412. The molecule has 1 saturated carbocycles. The van der Waals surface area contributed by atoms with Gasteiger partial charge in [-0.1, -0.05) is 115 Å². The molecule has 5 amide bonds. The molecule has 55 heavy (non-hydrogen) atoms. The predicted molar refractivity (Wildman–Crippen MR) is 211 cm³/mol. The smallest absolute Gasteiger partial charge is 0.408 e. The highest BCUT2D eigenvalue weighted by Crippen LogP contribution is 2.65. The van der Waals surface area contributed by atoms with Crippen molar-refractivity contribution in [3.05, 3.63) is 84.4 Å². The van der Waals surface area contributed by atoms with E-state index in [1.54, 1.807) is 20.8 Å². The molecule has 6 atom stereocenters. The van der Waals surface area contributed by atoms with Crippen molar-refractivity contribution < 1.29 is 33.5 Å². The molecule has 0 aromatic heterocycles. The molecule has 4 unspecified atom stereocenters. The van der Waals surface area contributed by atoms with E-state index in [4.69, 9.17) is 4.74 Å². The maximum atomic E-state index is 14.8. The number of hydrogen-bond donors (Lipinski definition) is 4. The maximum Gasteiger partial charge on any atom is 0.408 e. The first-order chi connectivity index (χ1) is 25.7. The number of benzene rings is 2. The number of nitrogens with zero attached hydrogens (tertiary/aromatic N) is 1. The number of piperidine rings is 1. The second-order valence-corrected chi connectivity index (χ2v) is 17.3. The van der Waals surface area contributed by atoms with Gasteiger partial charge in [-0.25, -0.2) is 4.79 Å². The molecular formula is C43H59N5O7. The summed E-state index contributed by atoms with van der Waals surface area (Å²) in [5.74, 6) is -4.03. The highest BCUT2D eigenvalue weighted by molar-refractivity contribution is 6.38. The summed E-state index contributed by atoms with van der Waals surface area (Å²) in [6.07, 6.45) is 1.43. The number of fused-ring (bicyclic) bond motifs is 1. The molecule has 1 heterocycles. The molecule has 0 radical (unpaired) electrons. The summed E-state index contributed by atoms with van der Waals surface area (Å²) in [6, 6.07) is 14.3. The minimum atomic E-state index is -1.21. The number of amides is 5. The van der Waals surface area contributed by atoms with Crippen LogP contribution >= 0.6 is 0 Å². The Bertz CT molecular complexity index is 1690. The fraction of sp³-hybridized carbons (Fsp3) is 0.535. The number of carbonyl (C=O) groups is 6. The maximum absolute atomic E-state index is 14.8. The lowest BCUT2D eigenvalue weighted by Gasteiger charge is -2.39. The third kappa shape index (κ3) is 10.2. The summed E-state index contributed by atoms with van der Waals surface area (Å²) >= 11 is 0. The van der Waals surface area contributed by atoms with E-state index in [0.717, 1.165) is 11.1 Å². The lowest BCUT2D eigenvalue weighted by molar-refractivity contribution is -0.146. The number of Topliss-reactive ketones (excluding diaryl/α,β-unsaturated/α-hetero) is 1. The molecule has 2 aromatic rings. The molecule has 298 valence electrons. The van der Waals surface area contributed by atoms with Crippen LogP contribution in [-0.4, -0.2) is 83.3 Å². The molecule has 12 heteroatoms. The number of rotatable bonds is 15. The lowest BCUT2D eigenvalue weighted by Crippen LogP contribution is -2.62. The zero-order chi connectivity index (χ0) is 40.9. The molecule has 1 saturated heterocycles. The zero-order valence-corrected chi connectivity index (χ0v) is 33.7. The first-order valence-corrected chi connectivity index (χ1v) is 19.2. The topological polar surface area (TPSA) is 163 Å². The van der Waals surface area contributed by atoms with Crippen molar-refractivity contribution in [1.82, 2.24) is 26.2 Å². The van der Waals surface area contributed by atoms with E-state index in [9.17, 15) is 28.8 Å². The fourth-order valence-electron chi connectivity index (χ4n) is 7.72. The van der Waals surface area contributed by atoms with Gasteiger partial charge >= 0.3 is 6.09 Å². The molecule has 0 spiro atoms. The second-order valence-electron chi connectivity index (χ2n) is 17.3. The van der Waals surface area contributed by atoms with E-state index in [1.807, 2.05) is 102 Å². The number of likely N-dealkylation sites (tertiary alicyclic amines) is 1. The minimum absolute atomic E-state index is 0.0156. The Morgan fingerprint density at radius 3 is 1.95 bits per heavy atom. The molecule has 1 aliphatic heterocycles. The van der Waals surface area contributed by atoms with E-state index < -0.39 is 76.6 Å². The van der Waals surface area contributed by atoms with Crippen molar-refractivity contribution in [2.75, 3.05) is 13.1 Å². The first kappa shape index (κ1) is 42.7. The van der Waals surface area contributed by atoms with Gasteiger partial charge in [-0.05, 0) is 61.0 Å². The molecule has 2 fully saturated rings. The summed E-state index contributed by atoms with van der Waals surface area (Å²) in [5, 5.41) is 11.1. The SMILES string of the molecule is C=CCNC(=O)C(=O)C(CCC)NC(=O)[C@@H]1C2C(CN1C(=O)[C@@H](NC(=O)C(NC(=O)OC(C)(C)C)C(c1ccccc1)c1ccccc1)C(C)(C)C)C2(C)C. The number of ketones is 1. The van der Waals surface area contributed by atoms with E-state index >= 15 is 0 Å². The summed E-state index contributed by atoms with van der Waals surface area (Å²) < 4.78 is 5.61. The van der Waals surface area contributed by atoms with Crippen molar-refractivity contribution in [2.24, 2.45) is 22.7 Å². The molecule has 4 N–H and O–H groups in total. The minimum Gasteiger partial charge on any atom is -0.444 e. The van der Waals surface area contributed by atoms with Crippen LogP contribution in [0.25, 0.3) is 0 Å². The van der Waals surface area contributed by atoms with Crippen molar-refractivity contribution in [2.45, 2.75) is 111 Å². The van der Waals surface area contributed by atoms with Crippen LogP contribution < -0.4 is 21.3 Å². The van der Waals surface area contributed by atoms with Gasteiger partial charge in [0.2, 0.25) is 23.5 Å². The third-order valence-electron chi connectivity index (χ3n) is 10.6. The highest BCUT2D eigenvalue weighted by Gasteiger charge is 2.70. The molecule has 1 aliphatic carbocycles. The van der Waals surface area contributed by atoms with Crippen molar-refractivity contribution in [1.29, 1.82) is 0 Å². The predicted octanol–water partition coefficient (Wildman–Crippen LogP) is 4.88. The van der Waals surface area contributed by atoms with Gasteiger partial charge in [0.15, 0.2) is 0 Å². The van der Waals surface area contributed by atoms with Crippen LogP contribution in [0.2, 0.25) is 0 Å². The van der Waals surface area contributed by atoms with Crippen molar-refractivity contribution in [3.8, 4) is 0 Å². The molecule has 2 aromatic carbocycles. The van der Waals surface area contributed by atoms with Crippen LogP contribution in [0.3, 0.4) is 0 Å². The number of carbonyl (C=O) groups excluding carboxylic acids is 6. The van der Waals surface area contributed by atoms with Gasteiger partial charge in [-0.15, -0.1) is 6.58 Å². The van der Waals surface area contributed by atoms with Gasteiger partial charge in [0, 0.05) is 19.0 Å². The summed E-state index contributed by atoms with van der Waals surface area (Å²) in [6.45, 7) is 20.6. The van der Waals surface area contributed by atoms with Gasteiger partial charge in [-0.2, -0.15) is 0 Å². The highest BCUT2D eigenvalue weighted by atomic mass is 16.6. The van der Waals surface area contributed by atoms with E-state index in [2.05, 4.69) is 27.8 Å². The molecule has 2 aliphatic rings. The lowest BCUT2D eigenvalue weighted by atomic mass is 9.82. The molecular weight excluding hydrogens is 699 g/mol. The molecule has 12 nitrogen and oxygen atoms in total. The third-order valence-corrected chi connectivity index (χ3v) is 10.6. The summed E-state index contributed by atoms with van der Waals surface area (Å²) in [7, 11) is 0. The van der Waals surface area contributed by atoms with Crippen LogP contribution in [-0.2, 0) is 28.7 Å². The van der Waals surface area contributed by atoms with E-state index in [0.29, 0.717) is 6.42 Å². The number of nitrogens with one attached hydrogen (secondary N) is 4. The van der Waals surface area contributed by atoms with Crippen LogP contribution in [0.4, 0.5) is 4.79 Å². The quantitative estimate of drug-likeness (QED) is 0.149. The van der Waals surface area contributed by atoms with E-state index in [-0.39, 0.29) is 36.8 Å². The standard InChI is InChI=1S/C43H59N5O7/c1-11-19-29(34(49)38(52)44-24-12-2)45-37(51)33-31-28(43(31,9)10)25-48(33)39(53)35(41(3,4)5)47-36(50)32(46-40(54)55-42(6,7)8)30(26-20-15-13-16-21-26)27-22-17-14-18-23-27/h12-18,20-23,28-33,35H,2,11,19,24-25H2,1,3-10H3,(H,44,52)(H,45,51)(H,46,54)(H,47,50)/t28?,29?,31?,32?,33-,35+/m0/s1. The zero-order valence-electron chi connectivity index (χ0n) is 33.7. The largest absolute Gasteiger partial charge is 0.444 e.